The van der Waals surface area contributed by atoms with Gasteiger partial charge in [0, 0.05) is 11.1 Å². The van der Waals surface area contributed by atoms with Crippen LogP contribution in [0.4, 0.5) is 32.6 Å². The van der Waals surface area contributed by atoms with Crippen molar-refractivity contribution in [2.24, 2.45) is 5.92 Å². The lowest BCUT2D eigenvalue weighted by Crippen LogP contribution is -2.56. The number of benzene rings is 2. The molecule has 2 atom stereocenters. The topological polar surface area (TPSA) is 101 Å². The van der Waals surface area contributed by atoms with Crippen molar-refractivity contribution in [3.63, 3.8) is 0 Å². The van der Waals surface area contributed by atoms with Crippen molar-refractivity contribution in [3.8, 4) is 22.6 Å². The number of halogens is 5. The fourth-order valence-electron chi connectivity index (χ4n) is 6.78. The van der Waals surface area contributed by atoms with Gasteiger partial charge in [-0.1, -0.05) is 18.2 Å². The second-order valence-electron chi connectivity index (χ2n) is 12.5. The van der Waals surface area contributed by atoms with E-state index in [0.29, 0.717) is 59.6 Å². The van der Waals surface area contributed by atoms with Gasteiger partial charge in [0.25, 0.3) is 5.92 Å². The summed E-state index contributed by atoms with van der Waals surface area (Å²) in [6.45, 7) is 0.592. The molecule has 6 rings (SSSR count). The SMILES string of the molecule is COc1ccc([C@H]2CC[C@H](C(=O)O)CC2)cc1-c1ccc(N2CC(F)(F)C2)nc1CN1C(=O)O[C@H](c2cccc(OC(F)(F)F)c2)[C@@H]1C. The van der Waals surface area contributed by atoms with Crippen LogP contribution in [0.1, 0.15) is 61.4 Å². The zero-order chi connectivity index (χ0) is 34.4. The number of rotatable bonds is 9. The Morgan fingerprint density at radius 1 is 1.02 bits per heavy atom. The van der Waals surface area contributed by atoms with Gasteiger partial charge in [-0.2, -0.15) is 0 Å². The van der Waals surface area contributed by atoms with Gasteiger partial charge < -0.3 is 24.2 Å². The lowest BCUT2D eigenvalue weighted by Gasteiger charge is -2.39. The summed E-state index contributed by atoms with van der Waals surface area (Å²) in [7, 11) is 1.52. The molecule has 1 amide bonds. The molecule has 2 aromatic carbocycles. The predicted octanol–water partition coefficient (Wildman–Crippen LogP) is 7.55. The fourth-order valence-corrected chi connectivity index (χ4v) is 6.78. The Morgan fingerprint density at radius 3 is 2.40 bits per heavy atom. The highest BCUT2D eigenvalue weighted by Gasteiger charge is 2.45. The number of anilines is 1. The van der Waals surface area contributed by atoms with E-state index >= 15 is 0 Å². The number of pyridine rings is 1. The molecule has 2 aliphatic heterocycles. The molecule has 3 aromatic rings. The molecular formula is C34H34F5N3O6. The van der Waals surface area contributed by atoms with E-state index in [1.165, 1.54) is 35.1 Å². The summed E-state index contributed by atoms with van der Waals surface area (Å²) in [4.78, 5) is 32.3. The Balaban J connectivity index is 1.33. The molecule has 0 radical (unpaired) electrons. The largest absolute Gasteiger partial charge is 0.573 e. The van der Waals surface area contributed by atoms with E-state index in [9.17, 15) is 36.6 Å². The molecule has 0 spiro atoms. The molecule has 9 nitrogen and oxygen atoms in total. The smallest absolute Gasteiger partial charge is 0.496 e. The molecule has 3 fully saturated rings. The van der Waals surface area contributed by atoms with Crippen LogP contribution in [0, 0.1) is 5.92 Å². The summed E-state index contributed by atoms with van der Waals surface area (Å²) in [5.41, 5.74) is 2.92. The number of carbonyl (C=O) groups is 2. The summed E-state index contributed by atoms with van der Waals surface area (Å²) < 4.78 is 81.6. The molecule has 1 aliphatic carbocycles. The maximum atomic E-state index is 13.8. The normalized spacial score (nSPS) is 23.8. The number of cyclic esters (lactones) is 1. The van der Waals surface area contributed by atoms with Gasteiger partial charge in [0.15, 0.2) is 0 Å². The van der Waals surface area contributed by atoms with Crippen LogP contribution in [-0.4, -0.2) is 65.6 Å². The molecule has 1 aromatic heterocycles. The second kappa shape index (κ2) is 12.8. The first kappa shape index (κ1) is 33.3. The number of aromatic nitrogens is 1. The molecule has 1 N–H and O–H groups in total. The maximum Gasteiger partial charge on any atom is 0.573 e. The molecule has 3 heterocycles. The Hall–Kier alpha value is -4.62. The number of nitrogens with zero attached hydrogens (tertiary/aromatic N) is 3. The first-order valence-corrected chi connectivity index (χ1v) is 15.6. The second-order valence-corrected chi connectivity index (χ2v) is 12.5. The molecule has 256 valence electrons. The van der Waals surface area contributed by atoms with Crippen molar-refractivity contribution in [3.05, 3.63) is 71.4 Å². The summed E-state index contributed by atoms with van der Waals surface area (Å²) in [5, 5.41) is 9.44. The van der Waals surface area contributed by atoms with Gasteiger partial charge in [0.05, 0.1) is 44.4 Å². The highest BCUT2D eigenvalue weighted by molar-refractivity contribution is 5.76. The number of ether oxygens (including phenoxy) is 3. The van der Waals surface area contributed by atoms with Crippen molar-refractivity contribution in [2.75, 3.05) is 25.1 Å². The number of hydrogen-bond acceptors (Lipinski definition) is 7. The number of amides is 1. The van der Waals surface area contributed by atoms with Crippen molar-refractivity contribution in [1.82, 2.24) is 9.88 Å². The Labute approximate surface area is 273 Å². The maximum absolute atomic E-state index is 13.8. The van der Waals surface area contributed by atoms with Crippen molar-refractivity contribution in [1.29, 1.82) is 0 Å². The zero-order valence-electron chi connectivity index (χ0n) is 26.2. The van der Waals surface area contributed by atoms with E-state index in [4.69, 9.17) is 14.5 Å². The summed E-state index contributed by atoms with van der Waals surface area (Å²) >= 11 is 0. The Bertz CT molecular complexity index is 1690. The Kier molecular flexibility index (Phi) is 8.86. The lowest BCUT2D eigenvalue weighted by atomic mass is 9.78. The number of carbonyl (C=O) groups excluding carboxylic acids is 1. The third kappa shape index (κ3) is 6.97. The monoisotopic (exact) mass is 675 g/mol. The van der Waals surface area contributed by atoms with E-state index in [2.05, 4.69) is 4.74 Å². The summed E-state index contributed by atoms with van der Waals surface area (Å²) in [6, 6.07) is 13.7. The van der Waals surface area contributed by atoms with Crippen LogP contribution in [0.5, 0.6) is 11.5 Å². The third-order valence-electron chi connectivity index (χ3n) is 9.32. The average molecular weight is 676 g/mol. The minimum atomic E-state index is -4.90. The quantitative estimate of drug-likeness (QED) is 0.232. The average Bonchev–Trinajstić information content (AvgIpc) is 3.31. The van der Waals surface area contributed by atoms with Crippen molar-refractivity contribution < 1.29 is 50.9 Å². The minimum absolute atomic E-state index is 0.0975. The molecule has 0 bridgehead atoms. The highest BCUT2D eigenvalue weighted by Crippen LogP contribution is 2.43. The first-order valence-electron chi connectivity index (χ1n) is 15.6. The van der Waals surface area contributed by atoms with Crippen LogP contribution in [0.2, 0.25) is 0 Å². The fraction of sp³-hybridized carbons (Fsp3) is 0.441. The minimum Gasteiger partial charge on any atom is -0.496 e. The molecule has 0 unspecified atom stereocenters. The van der Waals surface area contributed by atoms with Crippen LogP contribution < -0.4 is 14.4 Å². The van der Waals surface area contributed by atoms with E-state index in [1.807, 2.05) is 18.2 Å². The Morgan fingerprint density at radius 2 is 1.75 bits per heavy atom. The molecular weight excluding hydrogens is 641 g/mol. The number of aliphatic carboxylic acids is 1. The van der Waals surface area contributed by atoms with E-state index in [0.717, 1.165) is 11.6 Å². The number of carboxylic acids is 1. The standard InChI is InChI=1S/C34H34F5N3O6/c1-19-30(23-4-3-5-24(14-23)48-34(37,38)39)47-32(45)42(19)16-27-25(11-13-29(40-27)41-17-33(35,36)18-41)26-15-22(10-12-28(26)46-2)20-6-8-21(9-7-20)31(43)44/h3-5,10-15,19-21,30H,6-9,16-18H2,1-2H3,(H,43,44)/t19-,20-,21-,30-/m0/s1. The van der Waals surface area contributed by atoms with Gasteiger partial charge in [0.2, 0.25) is 0 Å². The number of hydrogen-bond donors (Lipinski definition) is 1. The molecule has 1 saturated carbocycles. The zero-order valence-corrected chi connectivity index (χ0v) is 26.2. The first-order chi connectivity index (χ1) is 22.7. The molecule has 2 saturated heterocycles. The van der Waals surface area contributed by atoms with Crippen LogP contribution in [0.25, 0.3) is 11.1 Å². The van der Waals surface area contributed by atoms with Gasteiger partial charge in [-0.25, -0.2) is 18.6 Å². The van der Waals surface area contributed by atoms with E-state index in [1.54, 1.807) is 19.1 Å². The van der Waals surface area contributed by atoms with E-state index in [-0.39, 0.29) is 18.4 Å². The van der Waals surface area contributed by atoms with Crippen LogP contribution in [0.3, 0.4) is 0 Å². The van der Waals surface area contributed by atoms with Crippen molar-refractivity contribution >= 4 is 17.9 Å². The molecule has 48 heavy (non-hydrogen) atoms. The van der Waals surface area contributed by atoms with Gasteiger partial charge in [-0.3, -0.25) is 9.69 Å². The number of methoxy groups -OCH3 is 1. The van der Waals surface area contributed by atoms with Gasteiger partial charge in [-0.15, -0.1) is 13.2 Å². The lowest BCUT2D eigenvalue weighted by molar-refractivity contribution is -0.274. The van der Waals surface area contributed by atoms with Crippen LogP contribution >= 0.6 is 0 Å². The van der Waals surface area contributed by atoms with Crippen LogP contribution in [0.15, 0.2) is 54.6 Å². The molecule has 3 aliphatic rings. The number of alkyl halides is 5. The van der Waals surface area contributed by atoms with Gasteiger partial charge in [-0.05, 0) is 86.1 Å². The van der Waals surface area contributed by atoms with Crippen LogP contribution in [-0.2, 0) is 16.1 Å². The third-order valence-corrected chi connectivity index (χ3v) is 9.32. The van der Waals surface area contributed by atoms with Crippen molar-refractivity contribution in [2.45, 2.75) is 69.5 Å². The predicted molar refractivity (Wildman–Crippen MR) is 163 cm³/mol. The van der Waals surface area contributed by atoms with Gasteiger partial charge >= 0.3 is 18.4 Å². The number of carboxylic acid groups (broad SMARTS) is 1. The summed E-state index contributed by atoms with van der Waals surface area (Å²) in [5.74, 6) is -3.52. The van der Waals surface area contributed by atoms with Gasteiger partial charge in [0.1, 0.15) is 23.4 Å². The molecule has 14 heteroatoms. The summed E-state index contributed by atoms with van der Waals surface area (Å²) in [6.07, 6.45) is -4.03. The van der Waals surface area contributed by atoms with E-state index < -0.39 is 55.3 Å². The highest BCUT2D eigenvalue weighted by atomic mass is 19.4.